The minimum Gasteiger partial charge on any atom is -0.411 e. The number of carbonyl (C=O) groups excluding carboxylic acids is 1. The van der Waals surface area contributed by atoms with Gasteiger partial charge in [-0.2, -0.15) is 0 Å². The molecule has 0 saturated carbocycles. The fraction of sp³-hybridized carbons (Fsp3) is 0.286. The van der Waals surface area contributed by atoms with Gasteiger partial charge in [0, 0.05) is 23.0 Å². The first-order valence-electron chi connectivity index (χ1n) is 9.83. The van der Waals surface area contributed by atoms with Crippen LogP contribution in [0.15, 0.2) is 58.2 Å². The molecule has 0 unspecified atom stereocenters. The summed E-state index contributed by atoms with van der Waals surface area (Å²) in [4.78, 5) is 14.6. The van der Waals surface area contributed by atoms with Crippen LogP contribution in [0.2, 0.25) is 0 Å². The number of sulfonamides is 1. The van der Waals surface area contributed by atoms with E-state index in [0.717, 1.165) is 12.1 Å². The van der Waals surface area contributed by atoms with Crippen molar-refractivity contribution in [3.63, 3.8) is 0 Å². The smallest absolute Gasteiger partial charge is 0.277 e. The van der Waals surface area contributed by atoms with Crippen LogP contribution in [0.5, 0.6) is 0 Å². The quantitative estimate of drug-likeness (QED) is 0.540. The highest BCUT2D eigenvalue weighted by Crippen LogP contribution is 2.33. The van der Waals surface area contributed by atoms with E-state index < -0.39 is 10.0 Å². The Morgan fingerprint density at radius 1 is 1.19 bits per heavy atom. The molecule has 0 bridgehead atoms. The number of thioether (sulfide) groups is 1. The van der Waals surface area contributed by atoms with Gasteiger partial charge in [-0.05, 0) is 56.2 Å². The number of hydrogen-bond donors (Lipinski definition) is 1. The SMILES string of the molecule is CCS(=O)(=O)Nc1ccc(-c2nnc(SCC(=O)N3c4ccccc4C[C@@H]3C)o2)cc1. The Bertz CT molecular complexity index is 1190. The lowest BCUT2D eigenvalue weighted by atomic mass is 10.1. The van der Waals surface area contributed by atoms with Gasteiger partial charge >= 0.3 is 0 Å². The van der Waals surface area contributed by atoms with Crippen molar-refractivity contribution in [3.8, 4) is 11.5 Å². The highest BCUT2D eigenvalue weighted by Gasteiger charge is 2.30. The van der Waals surface area contributed by atoms with Gasteiger partial charge in [0.25, 0.3) is 5.22 Å². The second-order valence-corrected chi connectivity index (χ2v) is 10.1. The average Bonchev–Trinajstić information content (AvgIpc) is 3.36. The van der Waals surface area contributed by atoms with E-state index in [1.807, 2.05) is 30.0 Å². The van der Waals surface area contributed by atoms with Gasteiger partial charge < -0.3 is 9.32 Å². The number of fused-ring (bicyclic) bond motifs is 1. The first kappa shape index (κ1) is 21.4. The number of carbonyl (C=O) groups is 1. The Kier molecular flexibility index (Phi) is 6.01. The van der Waals surface area contributed by atoms with E-state index in [1.165, 1.54) is 17.3 Å². The molecule has 0 aliphatic carbocycles. The monoisotopic (exact) mass is 458 g/mol. The van der Waals surface area contributed by atoms with Crippen LogP contribution in [0, 0.1) is 0 Å². The summed E-state index contributed by atoms with van der Waals surface area (Å²) in [5.41, 5.74) is 3.27. The summed E-state index contributed by atoms with van der Waals surface area (Å²) in [6, 6.07) is 14.7. The molecule has 1 aliphatic rings. The molecule has 10 heteroatoms. The van der Waals surface area contributed by atoms with Crippen molar-refractivity contribution in [2.45, 2.75) is 31.5 Å². The molecule has 8 nitrogen and oxygen atoms in total. The van der Waals surface area contributed by atoms with Crippen molar-refractivity contribution in [1.29, 1.82) is 0 Å². The third kappa shape index (κ3) is 4.75. The van der Waals surface area contributed by atoms with Crippen LogP contribution in [0.4, 0.5) is 11.4 Å². The fourth-order valence-electron chi connectivity index (χ4n) is 3.46. The summed E-state index contributed by atoms with van der Waals surface area (Å²) in [7, 11) is -3.33. The van der Waals surface area contributed by atoms with Crippen molar-refractivity contribution in [2.75, 3.05) is 21.1 Å². The number of benzene rings is 2. The number of nitrogens with one attached hydrogen (secondary N) is 1. The molecule has 2 aromatic carbocycles. The van der Waals surface area contributed by atoms with Crippen LogP contribution >= 0.6 is 11.8 Å². The highest BCUT2D eigenvalue weighted by atomic mass is 32.2. The lowest BCUT2D eigenvalue weighted by Crippen LogP contribution is -2.36. The van der Waals surface area contributed by atoms with Gasteiger partial charge in [0.05, 0.1) is 11.5 Å². The van der Waals surface area contributed by atoms with Gasteiger partial charge in [0.15, 0.2) is 0 Å². The van der Waals surface area contributed by atoms with Gasteiger partial charge in [-0.15, -0.1) is 10.2 Å². The lowest BCUT2D eigenvalue weighted by molar-refractivity contribution is -0.116. The third-order valence-electron chi connectivity index (χ3n) is 4.99. The first-order chi connectivity index (χ1) is 14.9. The van der Waals surface area contributed by atoms with Crippen LogP contribution in [-0.2, 0) is 21.2 Å². The highest BCUT2D eigenvalue weighted by molar-refractivity contribution is 7.99. The maximum Gasteiger partial charge on any atom is 0.277 e. The van der Waals surface area contributed by atoms with E-state index in [9.17, 15) is 13.2 Å². The van der Waals surface area contributed by atoms with E-state index in [4.69, 9.17) is 4.42 Å². The largest absolute Gasteiger partial charge is 0.411 e. The van der Waals surface area contributed by atoms with Crippen LogP contribution in [0.25, 0.3) is 11.5 Å². The van der Waals surface area contributed by atoms with Crippen LogP contribution < -0.4 is 9.62 Å². The molecular weight excluding hydrogens is 436 g/mol. The Labute approximate surface area is 185 Å². The minimum atomic E-state index is -3.33. The molecule has 1 atom stereocenters. The standard InChI is InChI=1S/C21H22N4O4S2/c1-3-31(27,28)24-17-10-8-15(9-11-17)20-22-23-21(29-20)30-13-19(26)25-14(2)12-16-6-4-5-7-18(16)25/h4-11,14,24H,3,12-13H2,1-2H3/t14-/m0/s1. The zero-order chi connectivity index (χ0) is 22.0. The Hall–Kier alpha value is -2.85. The molecule has 0 radical (unpaired) electrons. The van der Waals surface area contributed by atoms with Gasteiger partial charge in [0.2, 0.25) is 21.8 Å². The van der Waals surface area contributed by atoms with Crippen LogP contribution in [-0.4, -0.2) is 42.1 Å². The molecular formula is C21H22N4O4S2. The van der Waals surface area contributed by atoms with Crippen molar-refractivity contribution in [3.05, 3.63) is 54.1 Å². The maximum atomic E-state index is 12.8. The van der Waals surface area contributed by atoms with E-state index in [-0.39, 0.29) is 23.5 Å². The van der Waals surface area contributed by atoms with Crippen molar-refractivity contribution < 1.29 is 17.6 Å². The summed E-state index contributed by atoms with van der Waals surface area (Å²) in [6.07, 6.45) is 0.849. The number of anilines is 2. The van der Waals surface area contributed by atoms with Crippen LogP contribution in [0.1, 0.15) is 19.4 Å². The Balaban J connectivity index is 1.39. The topological polar surface area (TPSA) is 105 Å². The molecule has 1 amide bonds. The number of hydrogen-bond acceptors (Lipinski definition) is 7. The van der Waals surface area contributed by atoms with Crippen molar-refractivity contribution >= 4 is 39.1 Å². The lowest BCUT2D eigenvalue weighted by Gasteiger charge is -2.22. The zero-order valence-corrected chi connectivity index (χ0v) is 18.7. The van der Waals surface area contributed by atoms with E-state index in [1.54, 1.807) is 31.2 Å². The van der Waals surface area contributed by atoms with Crippen LogP contribution in [0.3, 0.4) is 0 Å². The van der Waals surface area contributed by atoms with E-state index in [0.29, 0.717) is 22.4 Å². The predicted octanol–water partition coefficient (Wildman–Crippen LogP) is 3.57. The molecule has 1 aromatic heterocycles. The third-order valence-corrected chi connectivity index (χ3v) is 7.10. The number of para-hydroxylation sites is 1. The summed E-state index contributed by atoms with van der Waals surface area (Å²) in [6.45, 7) is 3.61. The molecule has 0 spiro atoms. The number of aromatic nitrogens is 2. The number of rotatable bonds is 7. The number of nitrogens with zero attached hydrogens (tertiary/aromatic N) is 3. The molecule has 1 N–H and O–H groups in total. The summed E-state index contributed by atoms with van der Waals surface area (Å²) in [5, 5.41) is 8.35. The van der Waals surface area contributed by atoms with Gasteiger partial charge in [-0.25, -0.2) is 8.42 Å². The van der Waals surface area contributed by atoms with Crippen molar-refractivity contribution in [1.82, 2.24) is 10.2 Å². The Morgan fingerprint density at radius 2 is 1.94 bits per heavy atom. The van der Waals surface area contributed by atoms with E-state index in [2.05, 4.69) is 21.0 Å². The zero-order valence-electron chi connectivity index (χ0n) is 17.1. The maximum absolute atomic E-state index is 12.8. The molecule has 0 saturated heterocycles. The first-order valence-corrected chi connectivity index (χ1v) is 12.5. The Morgan fingerprint density at radius 3 is 2.68 bits per heavy atom. The van der Waals surface area contributed by atoms with Gasteiger partial charge in [-0.1, -0.05) is 30.0 Å². The van der Waals surface area contributed by atoms with E-state index >= 15 is 0 Å². The molecule has 1 aliphatic heterocycles. The molecule has 31 heavy (non-hydrogen) atoms. The summed E-state index contributed by atoms with van der Waals surface area (Å²) < 4.78 is 31.5. The normalized spacial score (nSPS) is 15.7. The van der Waals surface area contributed by atoms with Gasteiger partial charge in [-0.3, -0.25) is 9.52 Å². The molecule has 3 aromatic rings. The average molecular weight is 459 g/mol. The molecule has 0 fully saturated rings. The summed E-state index contributed by atoms with van der Waals surface area (Å²) >= 11 is 1.20. The molecule has 2 heterocycles. The fourth-order valence-corrected chi connectivity index (χ4v) is 4.72. The predicted molar refractivity (Wildman–Crippen MR) is 121 cm³/mol. The second kappa shape index (κ2) is 8.72. The molecule has 162 valence electrons. The summed E-state index contributed by atoms with van der Waals surface area (Å²) in [5.74, 6) is 0.492. The van der Waals surface area contributed by atoms with Gasteiger partial charge in [0.1, 0.15) is 0 Å². The second-order valence-electron chi connectivity index (χ2n) is 7.19. The number of amides is 1. The van der Waals surface area contributed by atoms with Crippen molar-refractivity contribution in [2.24, 2.45) is 0 Å². The minimum absolute atomic E-state index is 0.000490. The molecule has 4 rings (SSSR count).